The Morgan fingerprint density at radius 2 is 1.76 bits per heavy atom. The van der Waals surface area contributed by atoms with Crippen LogP contribution in [0, 0.1) is 0 Å². The lowest BCUT2D eigenvalue weighted by Gasteiger charge is -2.42. The molecular weight excluding hydrogens is 206 g/mol. The second-order valence-corrected chi connectivity index (χ2v) is 5.48. The smallest absolute Gasteiger partial charge is 0.0136 e. The highest BCUT2D eigenvalue weighted by atomic mass is 14.7. The van der Waals surface area contributed by atoms with Gasteiger partial charge in [0.15, 0.2) is 0 Å². The van der Waals surface area contributed by atoms with Crippen LogP contribution in [0.2, 0.25) is 0 Å². The monoisotopic (exact) mass is 231 g/mol. The highest BCUT2D eigenvalue weighted by Crippen LogP contribution is 2.42. The SMILES string of the molecule is CCC[C@@H](N)C1(c2ccccc2)CCCCC1. The molecule has 0 radical (unpaired) electrons. The first-order valence-electron chi connectivity index (χ1n) is 7.11. The minimum absolute atomic E-state index is 0.259. The maximum Gasteiger partial charge on any atom is 0.0136 e. The van der Waals surface area contributed by atoms with Crippen LogP contribution in [-0.2, 0) is 5.41 Å². The van der Waals surface area contributed by atoms with E-state index >= 15 is 0 Å². The molecule has 1 aromatic rings. The summed E-state index contributed by atoms with van der Waals surface area (Å²) in [5, 5.41) is 0. The van der Waals surface area contributed by atoms with Crippen molar-refractivity contribution in [2.45, 2.75) is 63.3 Å². The van der Waals surface area contributed by atoms with E-state index in [4.69, 9.17) is 5.73 Å². The van der Waals surface area contributed by atoms with Crippen LogP contribution in [0.5, 0.6) is 0 Å². The molecule has 1 aromatic carbocycles. The minimum atomic E-state index is 0.259. The third-order valence-corrected chi connectivity index (χ3v) is 4.40. The van der Waals surface area contributed by atoms with Crippen molar-refractivity contribution >= 4 is 0 Å². The van der Waals surface area contributed by atoms with Crippen LogP contribution in [0.1, 0.15) is 57.4 Å². The minimum Gasteiger partial charge on any atom is -0.327 e. The van der Waals surface area contributed by atoms with Crippen molar-refractivity contribution in [3.8, 4) is 0 Å². The molecule has 0 aliphatic heterocycles. The molecule has 0 aromatic heterocycles. The molecule has 94 valence electrons. The van der Waals surface area contributed by atoms with E-state index in [0.29, 0.717) is 6.04 Å². The first kappa shape index (κ1) is 12.6. The molecular formula is C16H25N. The summed E-state index contributed by atoms with van der Waals surface area (Å²) in [4.78, 5) is 0. The fourth-order valence-electron chi connectivity index (χ4n) is 3.41. The Kier molecular flexibility index (Phi) is 4.22. The van der Waals surface area contributed by atoms with E-state index in [1.54, 1.807) is 0 Å². The van der Waals surface area contributed by atoms with Crippen LogP contribution in [0.4, 0.5) is 0 Å². The largest absolute Gasteiger partial charge is 0.327 e. The van der Waals surface area contributed by atoms with Crippen LogP contribution < -0.4 is 5.73 Å². The summed E-state index contributed by atoms with van der Waals surface area (Å²) in [7, 11) is 0. The van der Waals surface area contributed by atoms with E-state index in [1.807, 2.05) is 0 Å². The van der Waals surface area contributed by atoms with Crippen LogP contribution in [0.15, 0.2) is 30.3 Å². The summed E-state index contributed by atoms with van der Waals surface area (Å²) in [6.45, 7) is 2.24. The lowest BCUT2D eigenvalue weighted by atomic mass is 9.64. The van der Waals surface area contributed by atoms with Crippen LogP contribution in [-0.4, -0.2) is 6.04 Å². The number of hydrogen-bond acceptors (Lipinski definition) is 1. The van der Waals surface area contributed by atoms with Gasteiger partial charge in [0.05, 0.1) is 0 Å². The molecule has 0 spiro atoms. The summed E-state index contributed by atoms with van der Waals surface area (Å²) < 4.78 is 0. The Balaban J connectivity index is 2.29. The Hall–Kier alpha value is -0.820. The third-order valence-electron chi connectivity index (χ3n) is 4.40. The van der Waals surface area contributed by atoms with Gasteiger partial charge in [0, 0.05) is 11.5 Å². The van der Waals surface area contributed by atoms with E-state index < -0.39 is 0 Å². The zero-order valence-electron chi connectivity index (χ0n) is 11.0. The lowest BCUT2D eigenvalue weighted by molar-refractivity contribution is 0.233. The van der Waals surface area contributed by atoms with E-state index in [9.17, 15) is 0 Å². The molecule has 1 heteroatoms. The topological polar surface area (TPSA) is 26.0 Å². The molecule has 1 aliphatic carbocycles. The zero-order chi connectivity index (χ0) is 12.1. The van der Waals surface area contributed by atoms with Gasteiger partial charge in [-0.05, 0) is 24.8 Å². The van der Waals surface area contributed by atoms with E-state index in [0.717, 1.165) is 6.42 Å². The Morgan fingerprint density at radius 3 is 2.35 bits per heavy atom. The van der Waals surface area contributed by atoms with Gasteiger partial charge >= 0.3 is 0 Å². The van der Waals surface area contributed by atoms with Crippen LogP contribution in [0.25, 0.3) is 0 Å². The fraction of sp³-hybridized carbons (Fsp3) is 0.625. The molecule has 1 atom stereocenters. The van der Waals surface area contributed by atoms with Crippen molar-refractivity contribution in [1.29, 1.82) is 0 Å². The van der Waals surface area contributed by atoms with Crippen molar-refractivity contribution in [3.63, 3.8) is 0 Å². The van der Waals surface area contributed by atoms with Gasteiger partial charge in [0.25, 0.3) is 0 Å². The number of rotatable bonds is 4. The Morgan fingerprint density at radius 1 is 1.12 bits per heavy atom. The predicted molar refractivity (Wildman–Crippen MR) is 74.1 cm³/mol. The van der Waals surface area contributed by atoms with E-state index in [2.05, 4.69) is 37.3 Å². The molecule has 2 N–H and O–H groups in total. The molecule has 1 saturated carbocycles. The van der Waals surface area contributed by atoms with E-state index in [-0.39, 0.29) is 5.41 Å². The summed E-state index contributed by atoms with van der Waals surface area (Å²) in [6, 6.07) is 11.3. The third kappa shape index (κ3) is 2.55. The van der Waals surface area contributed by atoms with Crippen LogP contribution in [0.3, 0.4) is 0 Å². The molecule has 17 heavy (non-hydrogen) atoms. The van der Waals surface area contributed by atoms with Gasteiger partial charge in [-0.15, -0.1) is 0 Å². The van der Waals surface area contributed by atoms with Gasteiger partial charge in [-0.2, -0.15) is 0 Å². The molecule has 2 rings (SSSR count). The molecule has 1 aliphatic rings. The molecule has 0 saturated heterocycles. The fourth-order valence-corrected chi connectivity index (χ4v) is 3.41. The van der Waals surface area contributed by atoms with Gasteiger partial charge < -0.3 is 5.73 Å². The second kappa shape index (κ2) is 5.68. The second-order valence-electron chi connectivity index (χ2n) is 5.48. The maximum atomic E-state index is 6.53. The van der Waals surface area contributed by atoms with Gasteiger partial charge in [-0.3, -0.25) is 0 Å². The number of nitrogens with two attached hydrogens (primary N) is 1. The molecule has 0 heterocycles. The summed E-state index contributed by atoms with van der Waals surface area (Å²) >= 11 is 0. The van der Waals surface area contributed by atoms with Crippen molar-refractivity contribution in [2.75, 3.05) is 0 Å². The predicted octanol–water partition coefficient (Wildman–Crippen LogP) is 4.02. The van der Waals surface area contributed by atoms with Crippen molar-refractivity contribution in [2.24, 2.45) is 5.73 Å². The number of benzene rings is 1. The average Bonchev–Trinajstić information content (AvgIpc) is 2.41. The average molecular weight is 231 g/mol. The molecule has 1 nitrogen and oxygen atoms in total. The first-order chi connectivity index (χ1) is 8.29. The zero-order valence-corrected chi connectivity index (χ0v) is 11.0. The summed E-state index contributed by atoms with van der Waals surface area (Å²) in [5.74, 6) is 0. The van der Waals surface area contributed by atoms with Crippen LogP contribution >= 0.6 is 0 Å². The Labute approximate surface area is 105 Å². The summed E-state index contributed by atoms with van der Waals surface area (Å²) in [5.41, 5.74) is 8.26. The summed E-state index contributed by atoms with van der Waals surface area (Å²) in [6.07, 6.45) is 8.95. The van der Waals surface area contributed by atoms with Gasteiger partial charge in [-0.25, -0.2) is 0 Å². The highest BCUT2D eigenvalue weighted by Gasteiger charge is 2.38. The molecule has 0 unspecified atom stereocenters. The van der Waals surface area contributed by atoms with Crippen molar-refractivity contribution in [3.05, 3.63) is 35.9 Å². The van der Waals surface area contributed by atoms with Gasteiger partial charge in [0.1, 0.15) is 0 Å². The van der Waals surface area contributed by atoms with E-state index in [1.165, 1.54) is 44.1 Å². The molecule has 0 bridgehead atoms. The molecule has 1 fully saturated rings. The first-order valence-corrected chi connectivity index (χ1v) is 7.11. The standard InChI is InChI=1S/C16H25N/c1-2-9-15(17)16(12-7-4-8-13-16)14-10-5-3-6-11-14/h3,5-6,10-11,15H,2,4,7-9,12-13,17H2,1H3/t15-/m1/s1. The highest BCUT2D eigenvalue weighted by molar-refractivity contribution is 5.28. The Bertz CT molecular complexity index is 325. The quantitative estimate of drug-likeness (QED) is 0.832. The van der Waals surface area contributed by atoms with Gasteiger partial charge in [-0.1, -0.05) is 62.9 Å². The van der Waals surface area contributed by atoms with Crippen molar-refractivity contribution < 1.29 is 0 Å². The maximum absolute atomic E-state index is 6.53. The number of hydrogen-bond donors (Lipinski definition) is 1. The normalized spacial score (nSPS) is 21.1. The molecule has 0 amide bonds. The van der Waals surface area contributed by atoms with Crippen molar-refractivity contribution in [1.82, 2.24) is 0 Å². The lowest BCUT2D eigenvalue weighted by Crippen LogP contribution is -2.46. The van der Waals surface area contributed by atoms with Gasteiger partial charge in [0.2, 0.25) is 0 Å².